The Bertz CT molecular complexity index is 654. The molecule has 0 saturated heterocycles. The van der Waals surface area contributed by atoms with Crippen LogP contribution in [-0.2, 0) is 5.72 Å². The third kappa shape index (κ3) is 2.84. The van der Waals surface area contributed by atoms with E-state index in [4.69, 9.17) is 10.8 Å². The number of aliphatic hydroxyl groups excluding tert-OH is 1. The van der Waals surface area contributed by atoms with Gasteiger partial charge in [0.1, 0.15) is 5.71 Å². The number of aliphatic hydroxyl groups is 2. The first kappa shape index (κ1) is 14.9. The number of hydrogen-bond acceptors (Lipinski definition) is 5. The molecular weight excluding hydrogens is 266 g/mol. The highest BCUT2D eigenvalue weighted by molar-refractivity contribution is 6.15. The molecule has 5 nitrogen and oxygen atoms in total. The van der Waals surface area contributed by atoms with Gasteiger partial charge in [0.05, 0.1) is 0 Å². The van der Waals surface area contributed by atoms with Crippen molar-refractivity contribution in [3.05, 3.63) is 71.8 Å². The smallest absolute Gasteiger partial charge is 0.230 e. The number of aliphatic imine (C=N–C) groups is 2. The SMILES string of the molecule is CO.NC1=NC(O)(c2ccccc2)C(c2ccccc2)=N1. The average molecular weight is 283 g/mol. The fourth-order valence-electron chi connectivity index (χ4n) is 2.17. The minimum Gasteiger partial charge on any atom is -0.400 e. The Kier molecular flexibility index (Phi) is 4.47. The van der Waals surface area contributed by atoms with Gasteiger partial charge in [-0.3, -0.25) is 0 Å². The second-order valence-electron chi connectivity index (χ2n) is 4.33. The monoisotopic (exact) mass is 283 g/mol. The Hall–Kier alpha value is -2.50. The summed E-state index contributed by atoms with van der Waals surface area (Å²) in [7, 11) is 1.00. The van der Waals surface area contributed by atoms with E-state index in [9.17, 15) is 5.11 Å². The minimum absolute atomic E-state index is 0.0882. The molecule has 21 heavy (non-hydrogen) atoms. The first-order chi connectivity index (χ1) is 10.2. The van der Waals surface area contributed by atoms with Crippen molar-refractivity contribution >= 4 is 11.7 Å². The van der Waals surface area contributed by atoms with Gasteiger partial charge in [0.15, 0.2) is 0 Å². The van der Waals surface area contributed by atoms with Crippen LogP contribution in [0.25, 0.3) is 0 Å². The highest BCUT2D eigenvalue weighted by atomic mass is 16.3. The largest absolute Gasteiger partial charge is 0.400 e. The molecule has 3 rings (SSSR count). The van der Waals surface area contributed by atoms with Crippen LogP contribution in [0.15, 0.2) is 70.6 Å². The molecule has 2 aromatic carbocycles. The quantitative estimate of drug-likeness (QED) is 0.774. The number of nitrogens with two attached hydrogens (primary N) is 1. The van der Waals surface area contributed by atoms with Gasteiger partial charge >= 0.3 is 0 Å². The van der Waals surface area contributed by atoms with Gasteiger partial charge in [0, 0.05) is 18.2 Å². The zero-order valence-corrected chi connectivity index (χ0v) is 11.6. The summed E-state index contributed by atoms with van der Waals surface area (Å²) < 4.78 is 0. The number of nitrogens with zero attached hydrogens (tertiary/aromatic N) is 2. The number of guanidine groups is 1. The Balaban J connectivity index is 0.000000774. The second kappa shape index (κ2) is 6.30. The van der Waals surface area contributed by atoms with Crippen LogP contribution in [-0.4, -0.2) is 29.0 Å². The summed E-state index contributed by atoms with van der Waals surface area (Å²) in [5.74, 6) is 0.0882. The minimum atomic E-state index is -1.51. The molecule has 1 atom stereocenters. The molecule has 108 valence electrons. The summed E-state index contributed by atoms with van der Waals surface area (Å²) in [6.07, 6.45) is 0. The molecule has 0 spiro atoms. The number of rotatable bonds is 2. The van der Waals surface area contributed by atoms with E-state index in [1.807, 2.05) is 48.5 Å². The van der Waals surface area contributed by atoms with Crippen molar-refractivity contribution in [2.45, 2.75) is 5.72 Å². The van der Waals surface area contributed by atoms with Gasteiger partial charge in [-0.2, -0.15) is 0 Å². The summed E-state index contributed by atoms with van der Waals surface area (Å²) >= 11 is 0. The molecule has 2 aromatic rings. The van der Waals surface area contributed by atoms with E-state index in [-0.39, 0.29) is 5.96 Å². The highest BCUT2D eigenvalue weighted by Crippen LogP contribution is 2.31. The van der Waals surface area contributed by atoms with Crippen molar-refractivity contribution in [3.8, 4) is 0 Å². The van der Waals surface area contributed by atoms with Crippen LogP contribution in [0.2, 0.25) is 0 Å². The average Bonchev–Trinajstić information content (AvgIpc) is 2.87. The van der Waals surface area contributed by atoms with Gasteiger partial charge in [-0.15, -0.1) is 0 Å². The van der Waals surface area contributed by atoms with Gasteiger partial charge in [-0.25, -0.2) is 9.98 Å². The standard InChI is InChI=1S/C15H13N3O.CH4O/c16-14-17-13(11-7-3-1-4-8-11)15(19,18-14)12-9-5-2-6-10-12;1-2/h1-10,19H,(H2,16,18);2H,1H3. The third-order valence-corrected chi connectivity index (χ3v) is 3.06. The Morgan fingerprint density at radius 3 is 2.00 bits per heavy atom. The molecule has 0 radical (unpaired) electrons. The zero-order chi connectivity index (χ0) is 15.3. The molecule has 1 heterocycles. The summed E-state index contributed by atoms with van der Waals surface area (Å²) in [6.45, 7) is 0. The topological polar surface area (TPSA) is 91.2 Å². The van der Waals surface area contributed by atoms with Gasteiger partial charge in [0.25, 0.3) is 0 Å². The van der Waals surface area contributed by atoms with Crippen LogP contribution >= 0.6 is 0 Å². The maximum absolute atomic E-state index is 10.8. The normalized spacial score (nSPS) is 20.1. The molecule has 0 amide bonds. The fraction of sp³-hybridized carbons (Fsp3) is 0.125. The van der Waals surface area contributed by atoms with Crippen LogP contribution < -0.4 is 5.73 Å². The molecule has 1 aliphatic heterocycles. The lowest BCUT2D eigenvalue weighted by Crippen LogP contribution is -2.32. The van der Waals surface area contributed by atoms with E-state index >= 15 is 0 Å². The lowest BCUT2D eigenvalue weighted by atomic mass is 9.94. The van der Waals surface area contributed by atoms with E-state index in [1.165, 1.54) is 0 Å². The molecule has 1 aliphatic rings. The summed E-state index contributed by atoms with van der Waals surface area (Å²) in [5.41, 5.74) is 6.08. The van der Waals surface area contributed by atoms with Crippen molar-refractivity contribution in [1.29, 1.82) is 0 Å². The van der Waals surface area contributed by atoms with E-state index in [0.717, 1.165) is 12.7 Å². The van der Waals surface area contributed by atoms with Crippen molar-refractivity contribution in [2.24, 2.45) is 15.7 Å². The van der Waals surface area contributed by atoms with E-state index in [2.05, 4.69) is 9.98 Å². The first-order valence-electron chi connectivity index (χ1n) is 6.43. The lowest BCUT2D eigenvalue weighted by molar-refractivity contribution is 0.126. The van der Waals surface area contributed by atoms with Crippen molar-refractivity contribution in [1.82, 2.24) is 0 Å². The summed E-state index contributed by atoms with van der Waals surface area (Å²) in [5, 5.41) is 17.8. The van der Waals surface area contributed by atoms with Crippen LogP contribution in [0.5, 0.6) is 0 Å². The Labute approximate surface area is 123 Å². The molecule has 0 aliphatic carbocycles. The van der Waals surface area contributed by atoms with Crippen molar-refractivity contribution in [3.63, 3.8) is 0 Å². The highest BCUT2D eigenvalue weighted by Gasteiger charge is 2.40. The van der Waals surface area contributed by atoms with Gasteiger partial charge in [-0.1, -0.05) is 60.7 Å². The third-order valence-electron chi connectivity index (χ3n) is 3.06. The van der Waals surface area contributed by atoms with E-state index in [1.54, 1.807) is 12.1 Å². The molecule has 0 saturated carbocycles. The number of benzene rings is 2. The van der Waals surface area contributed by atoms with Crippen molar-refractivity contribution in [2.75, 3.05) is 7.11 Å². The maximum Gasteiger partial charge on any atom is 0.230 e. The van der Waals surface area contributed by atoms with Crippen LogP contribution in [0, 0.1) is 0 Å². The van der Waals surface area contributed by atoms with E-state index < -0.39 is 5.72 Å². The Morgan fingerprint density at radius 1 is 0.905 bits per heavy atom. The first-order valence-corrected chi connectivity index (χ1v) is 6.43. The van der Waals surface area contributed by atoms with Gasteiger partial charge < -0.3 is 15.9 Å². The van der Waals surface area contributed by atoms with Gasteiger partial charge in [0.2, 0.25) is 11.7 Å². The predicted octanol–water partition coefficient (Wildman–Crippen LogP) is 1.26. The lowest BCUT2D eigenvalue weighted by Gasteiger charge is -2.22. The molecule has 0 fully saturated rings. The fourth-order valence-corrected chi connectivity index (χ4v) is 2.17. The van der Waals surface area contributed by atoms with Gasteiger partial charge in [-0.05, 0) is 0 Å². The molecule has 0 aromatic heterocycles. The molecule has 0 bridgehead atoms. The summed E-state index contributed by atoms with van der Waals surface area (Å²) in [4.78, 5) is 8.28. The molecule has 1 unspecified atom stereocenters. The maximum atomic E-state index is 10.8. The summed E-state index contributed by atoms with van der Waals surface area (Å²) in [6, 6.07) is 18.6. The molecule has 4 N–H and O–H groups in total. The zero-order valence-electron chi connectivity index (χ0n) is 11.6. The predicted molar refractivity (Wildman–Crippen MR) is 83.1 cm³/mol. The van der Waals surface area contributed by atoms with Crippen molar-refractivity contribution < 1.29 is 10.2 Å². The van der Waals surface area contributed by atoms with Crippen LogP contribution in [0.3, 0.4) is 0 Å². The van der Waals surface area contributed by atoms with Crippen LogP contribution in [0.1, 0.15) is 11.1 Å². The number of hydrogen-bond donors (Lipinski definition) is 3. The Morgan fingerprint density at radius 2 is 1.43 bits per heavy atom. The molecular formula is C16H17N3O2. The van der Waals surface area contributed by atoms with E-state index in [0.29, 0.717) is 11.3 Å². The second-order valence-corrected chi connectivity index (χ2v) is 4.33. The molecule has 5 heteroatoms. The van der Waals surface area contributed by atoms with Crippen LogP contribution in [0.4, 0.5) is 0 Å².